The molecule has 0 aliphatic rings. The van der Waals surface area contributed by atoms with Gasteiger partial charge in [0, 0.05) is 5.69 Å². The molecule has 0 bridgehead atoms. The maximum Gasteiger partial charge on any atom is 0.232 e. The lowest BCUT2D eigenvalue weighted by Gasteiger charge is -2.06. The van der Waals surface area contributed by atoms with Crippen molar-refractivity contribution in [2.75, 3.05) is 10.5 Å². The highest BCUT2D eigenvalue weighted by Crippen LogP contribution is 2.15. The Kier molecular flexibility index (Phi) is 3.96. The van der Waals surface area contributed by atoms with Gasteiger partial charge >= 0.3 is 0 Å². The SMILES string of the molecule is CCCCS(=O)(=O)Nc1ccc(O)cc1. The van der Waals surface area contributed by atoms with Gasteiger partial charge in [0.05, 0.1) is 5.75 Å². The van der Waals surface area contributed by atoms with Gasteiger partial charge < -0.3 is 5.11 Å². The van der Waals surface area contributed by atoms with Crippen LogP contribution in [0.1, 0.15) is 19.8 Å². The molecule has 0 saturated heterocycles. The highest BCUT2D eigenvalue weighted by Gasteiger charge is 2.08. The Balaban J connectivity index is 2.65. The van der Waals surface area contributed by atoms with Crippen molar-refractivity contribution < 1.29 is 13.5 Å². The van der Waals surface area contributed by atoms with Gasteiger partial charge in [0.1, 0.15) is 5.75 Å². The second-order valence-electron chi connectivity index (χ2n) is 3.32. The summed E-state index contributed by atoms with van der Waals surface area (Å²) in [5.74, 6) is 0.246. The van der Waals surface area contributed by atoms with Crippen LogP contribution in [0.5, 0.6) is 5.75 Å². The summed E-state index contributed by atoms with van der Waals surface area (Å²) in [6, 6.07) is 5.94. The highest BCUT2D eigenvalue weighted by molar-refractivity contribution is 7.92. The van der Waals surface area contributed by atoms with Crippen molar-refractivity contribution in [3.63, 3.8) is 0 Å². The minimum Gasteiger partial charge on any atom is -0.508 e. The quantitative estimate of drug-likeness (QED) is 0.758. The van der Waals surface area contributed by atoms with E-state index in [1.54, 1.807) is 0 Å². The minimum atomic E-state index is -3.24. The van der Waals surface area contributed by atoms with E-state index in [0.717, 1.165) is 6.42 Å². The number of rotatable bonds is 5. The molecule has 15 heavy (non-hydrogen) atoms. The van der Waals surface area contributed by atoms with Crippen LogP contribution in [0.4, 0.5) is 5.69 Å². The van der Waals surface area contributed by atoms with E-state index in [-0.39, 0.29) is 11.5 Å². The van der Waals surface area contributed by atoms with E-state index in [4.69, 9.17) is 5.11 Å². The number of anilines is 1. The van der Waals surface area contributed by atoms with Gasteiger partial charge in [-0.15, -0.1) is 0 Å². The normalized spacial score (nSPS) is 11.3. The summed E-state index contributed by atoms with van der Waals surface area (Å²) in [6.45, 7) is 1.94. The Labute approximate surface area is 90.0 Å². The highest BCUT2D eigenvalue weighted by atomic mass is 32.2. The first-order valence-electron chi connectivity index (χ1n) is 4.83. The number of unbranched alkanes of at least 4 members (excludes halogenated alkanes) is 1. The monoisotopic (exact) mass is 229 g/mol. The molecule has 0 aromatic heterocycles. The van der Waals surface area contributed by atoms with Gasteiger partial charge in [-0.25, -0.2) is 8.42 Å². The molecule has 0 amide bonds. The first kappa shape index (κ1) is 11.8. The number of phenolic OH excluding ortho intramolecular Hbond substituents is 1. The molecule has 0 heterocycles. The standard InChI is InChI=1S/C10H15NO3S/c1-2-3-8-15(13,14)11-9-4-6-10(12)7-5-9/h4-7,11-12H,2-3,8H2,1H3. The smallest absolute Gasteiger partial charge is 0.232 e. The van der Waals surface area contributed by atoms with Crippen molar-refractivity contribution in [3.05, 3.63) is 24.3 Å². The van der Waals surface area contributed by atoms with E-state index in [1.807, 2.05) is 6.92 Å². The third kappa shape index (κ3) is 4.20. The Hall–Kier alpha value is -1.23. The molecule has 0 saturated carbocycles. The van der Waals surface area contributed by atoms with E-state index in [2.05, 4.69) is 4.72 Å². The predicted molar refractivity (Wildman–Crippen MR) is 60.4 cm³/mol. The number of sulfonamides is 1. The zero-order valence-electron chi connectivity index (χ0n) is 8.60. The van der Waals surface area contributed by atoms with Gasteiger partial charge in [0.25, 0.3) is 0 Å². The molecule has 1 rings (SSSR count). The topological polar surface area (TPSA) is 66.4 Å². The van der Waals surface area contributed by atoms with Crippen LogP contribution in [0.3, 0.4) is 0 Å². The fourth-order valence-corrected chi connectivity index (χ4v) is 2.36. The van der Waals surface area contributed by atoms with Gasteiger partial charge in [0.2, 0.25) is 10.0 Å². The number of phenols is 1. The molecule has 0 aliphatic heterocycles. The first-order chi connectivity index (χ1) is 7.03. The van der Waals surface area contributed by atoms with Crippen LogP contribution in [0, 0.1) is 0 Å². The summed E-state index contributed by atoms with van der Waals surface area (Å²) in [6.07, 6.45) is 1.49. The molecule has 1 aromatic rings. The van der Waals surface area contributed by atoms with Crippen LogP contribution in [0.2, 0.25) is 0 Å². The molecular weight excluding hydrogens is 214 g/mol. The number of hydrogen-bond acceptors (Lipinski definition) is 3. The summed E-state index contributed by atoms with van der Waals surface area (Å²) in [7, 11) is -3.24. The molecule has 2 N–H and O–H groups in total. The van der Waals surface area contributed by atoms with E-state index >= 15 is 0 Å². The van der Waals surface area contributed by atoms with Gasteiger partial charge in [-0.05, 0) is 30.7 Å². The lowest BCUT2D eigenvalue weighted by molar-refractivity contribution is 0.475. The van der Waals surface area contributed by atoms with Gasteiger partial charge in [-0.3, -0.25) is 4.72 Å². The number of aromatic hydroxyl groups is 1. The van der Waals surface area contributed by atoms with Crippen molar-refractivity contribution in [1.29, 1.82) is 0 Å². The molecule has 0 aliphatic carbocycles. The van der Waals surface area contributed by atoms with Crippen molar-refractivity contribution in [2.45, 2.75) is 19.8 Å². The van der Waals surface area contributed by atoms with Crippen LogP contribution in [0.25, 0.3) is 0 Å². The molecule has 4 nitrogen and oxygen atoms in total. The minimum absolute atomic E-state index is 0.117. The van der Waals surface area contributed by atoms with Gasteiger partial charge in [0.15, 0.2) is 0 Å². The fourth-order valence-electron chi connectivity index (χ4n) is 1.09. The number of benzene rings is 1. The molecule has 0 unspecified atom stereocenters. The average molecular weight is 229 g/mol. The average Bonchev–Trinajstić information content (AvgIpc) is 2.18. The van der Waals surface area contributed by atoms with Crippen LogP contribution < -0.4 is 4.72 Å². The Morgan fingerprint density at radius 1 is 1.27 bits per heavy atom. The lowest BCUT2D eigenvalue weighted by atomic mass is 10.3. The van der Waals surface area contributed by atoms with E-state index in [9.17, 15) is 8.42 Å². The van der Waals surface area contributed by atoms with Crippen molar-refractivity contribution >= 4 is 15.7 Å². The molecule has 1 aromatic carbocycles. The lowest BCUT2D eigenvalue weighted by Crippen LogP contribution is -2.16. The van der Waals surface area contributed by atoms with Crippen molar-refractivity contribution in [1.82, 2.24) is 0 Å². The number of hydrogen-bond donors (Lipinski definition) is 2. The van der Waals surface area contributed by atoms with E-state index in [1.165, 1.54) is 24.3 Å². The second-order valence-corrected chi connectivity index (χ2v) is 5.16. The maximum atomic E-state index is 11.5. The predicted octanol–water partition coefficient (Wildman–Crippen LogP) is 1.93. The van der Waals surface area contributed by atoms with E-state index in [0.29, 0.717) is 12.1 Å². The summed E-state index contributed by atoms with van der Waals surface area (Å²) in [5.41, 5.74) is 0.476. The molecule has 0 radical (unpaired) electrons. The molecule has 0 spiro atoms. The Bertz CT molecular complexity index is 397. The summed E-state index contributed by atoms with van der Waals surface area (Å²) in [4.78, 5) is 0. The van der Waals surface area contributed by atoms with Crippen LogP contribution >= 0.6 is 0 Å². The maximum absolute atomic E-state index is 11.5. The Morgan fingerprint density at radius 2 is 1.87 bits per heavy atom. The Morgan fingerprint density at radius 3 is 2.40 bits per heavy atom. The first-order valence-corrected chi connectivity index (χ1v) is 6.48. The van der Waals surface area contributed by atoms with Crippen LogP contribution in [0.15, 0.2) is 24.3 Å². The number of nitrogens with one attached hydrogen (secondary N) is 1. The summed E-state index contributed by atoms with van der Waals surface area (Å²) in [5, 5.41) is 9.02. The molecule has 84 valence electrons. The van der Waals surface area contributed by atoms with E-state index < -0.39 is 10.0 Å². The zero-order chi connectivity index (χ0) is 11.3. The zero-order valence-corrected chi connectivity index (χ0v) is 9.42. The van der Waals surface area contributed by atoms with Crippen molar-refractivity contribution in [2.24, 2.45) is 0 Å². The third-order valence-corrected chi connectivity index (χ3v) is 3.28. The van der Waals surface area contributed by atoms with Crippen molar-refractivity contribution in [3.8, 4) is 5.75 Å². The molecule has 0 fully saturated rings. The van der Waals surface area contributed by atoms with Crippen LogP contribution in [-0.4, -0.2) is 19.3 Å². The fraction of sp³-hybridized carbons (Fsp3) is 0.400. The third-order valence-electron chi connectivity index (χ3n) is 1.91. The van der Waals surface area contributed by atoms with Gasteiger partial charge in [-0.1, -0.05) is 13.3 Å². The largest absolute Gasteiger partial charge is 0.508 e. The van der Waals surface area contributed by atoms with Crippen LogP contribution in [-0.2, 0) is 10.0 Å². The summed E-state index contributed by atoms with van der Waals surface area (Å²) < 4.78 is 25.4. The molecular formula is C10H15NO3S. The molecule has 5 heteroatoms. The molecule has 0 atom stereocenters. The second kappa shape index (κ2) is 5.02. The van der Waals surface area contributed by atoms with Gasteiger partial charge in [-0.2, -0.15) is 0 Å². The summed E-state index contributed by atoms with van der Waals surface area (Å²) >= 11 is 0.